The first-order valence-corrected chi connectivity index (χ1v) is 8.93. The van der Waals surface area contributed by atoms with Crippen LogP contribution in [0, 0.1) is 0 Å². The van der Waals surface area contributed by atoms with E-state index in [0.717, 1.165) is 22.0 Å². The number of hydrogen-bond acceptors (Lipinski definition) is 5. The van der Waals surface area contributed by atoms with Gasteiger partial charge < -0.3 is 15.0 Å². The van der Waals surface area contributed by atoms with E-state index in [2.05, 4.69) is 15.2 Å². The van der Waals surface area contributed by atoms with Crippen LogP contribution in [0.1, 0.15) is 17.3 Å². The fourth-order valence-corrected chi connectivity index (χ4v) is 3.53. The topological polar surface area (TPSA) is 58.9 Å². The Morgan fingerprint density at radius 2 is 2.20 bits per heavy atom. The summed E-state index contributed by atoms with van der Waals surface area (Å²) in [7, 11) is 5.65. The van der Waals surface area contributed by atoms with Gasteiger partial charge in [0.1, 0.15) is 5.75 Å². The summed E-state index contributed by atoms with van der Waals surface area (Å²) in [6.45, 7) is 0.508. The third kappa shape index (κ3) is 4.00. The fraction of sp³-hybridized carbons (Fsp3) is 0.333. The number of thiazole rings is 1. The number of benzene rings is 1. The lowest BCUT2D eigenvalue weighted by atomic mass is 10.0. The molecule has 1 unspecified atom stereocenters. The van der Waals surface area contributed by atoms with Crippen LogP contribution in [0.2, 0.25) is 0 Å². The van der Waals surface area contributed by atoms with Crippen LogP contribution in [0.4, 0.5) is 0 Å². The van der Waals surface area contributed by atoms with Gasteiger partial charge in [0.2, 0.25) is 5.91 Å². The van der Waals surface area contributed by atoms with E-state index in [-0.39, 0.29) is 18.4 Å². The van der Waals surface area contributed by atoms with Gasteiger partial charge in [-0.1, -0.05) is 18.2 Å². The maximum absolute atomic E-state index is 12.3. The number of carbonyl (C=O) groups excluding carboxylic acids is 1. The molecular formula is C18H22N4O2S. The Labute approximate surface area is 151 Å². The van der Waals surface area contributed by atoms with Crippen molar-refractivity contribution >= 4 is 22.2 Å². The summed E-state index contributed by atoms with van der Waals surface area (Å²) in [6, 6.07) is 7.92. The van der Waals surface area contributed by atoms with Gasteiger partial charge in [-0.2, -0.15) is 0 Å². The van der Waals surface area contributed by atoms with Crippen molar-refractivity contribution in [3.8, 4) is 5.75 Å². The highest BCUT2D eigenvalue weighted by Gasteiger charge is 2.19. The number of imidazole rings is 1. The average Bonchev–Trinajstić information content (AvgIpc) is 3.16. The van der Waals surface area contributed by atoms with Crippen LogP contribution in [-0.4, -0.2) is 47.9 Å². The van der Waals surface area contributed by atoms with Crippen LogP contribution in [0.3, 0.4) is 0 Å². The van der Waals surface area contributed by atoms with E-state index >= 15 is 0 Å². The largest absolute Gasteiger partial charge is 0.496 e. The van der Waals surface area contributed by atoms with Gasteiger partial charge in [0.25, 0.3) is 0 Å². The predicted molar refractivity (Wildman–Crippen MR) is 99.2 cm³/mol. The van der Waals surface area contributed by atoms with Crippen LogP contribution < -0.4 is 10.1 Å². The lowest BCUT2D eigenvalue weighted by molar-refractivity contribution is -0.120. The van der Waals surface area contributed by atoms with Gasteiger partial charge in [-0.25, -0.2) is 4.98 Å². The molecule has 2 aromatic heterocycles. The standard InChI is InChI=1S/C18H22N4O2S/c1-21(2)15(14-6-4-5-7-16(14)24-3)11-19-17(23)10-13-12-22-8-9-25-18(22)20-13/h4-9,12,15H,10-11H2,1-3H3,(H,19,23). The molecule has 7 heteroatoms. The number of nitrogens with one attached hydrogen (secondary N) is 1. The third-order valence-electron chi connectivity index (χ3n) is 4.10. The number of carbonyl (C=O) groups is 1. The van der Waals surface area contributed by atoms with Gasteiger partial charge in [-0.3, -0.25) is 9.20 Å². The Hall–Kier alpha value is -2.38. The van der Waals surface area contributed by atoms with E-state index in [1.54, 1.807) is 18.4 Å². The normalized spacial score (nSPS) is 12.5. The van der Waals surface area contributed by atoms with E-state index in [9.17, 15) is 4.79 Å². The molecule has 3 aromatic rings. The molecule has 1 atom stereocenters. The molecule has 25 heavy (non-hydrogen) atoms. The van der Waals surface area contributed by atoms with Crippen LogP contribution in [0.5, 0.6) is 5.75 Å². The second-order valence-corrected chi connectivity index (χ2v) is 6.90. The van der Waals surface area contributed by atoms with Crippen LogP contribution in [0.15, 0.2) is 42.0 Å². The van der Waals surface area contributed by atoms with Crippen LogP contribution in [-0.2, 0) is 11.2 Å². The minimum absolute atomic E-state index is 0.0330. The number of amides is 1. The van der Waals surface area contributed by atoms with Gasteiger partial charge in [0.05, 0.1) is 25.3 Å². The highest BCUT2D eigenvalue weighted by molar-refractivity contribution is 7.15. The summed E-state index contributed by atoms with van der Waals surface area (Å²) < 4.78 is 7.39. The average molecular weight is 358 g/mol. The SMILES string of the molecule is COc1ccccc1C(CNC(=O)Cc1cn2ccsc2n1)N(C)C. The van der Waals surface area contributed by atoms with Crippen molar-refractivity contribution in [2.24, 2.45) is 0 Å². The zero-order chi connectivity index (χ0) is 17.8. The predicted octanol–water partition coefficient (Wildman–Crippen LogP) is 2.37. The Morgan fingerprint density at radius 3 is 2.92 bits per heavy atom. The Balaban J connectivity index is 1.64. The molecule has 1 aromatic carbocycles. The maximum Gasteiger partial charge on any atom is 0.226 e. The van der Waals surface area contributed by atoms with E-state index < -0.39 is 0 Å². The summed E-state index contributed by atoms with van der Waals surface area (Å²) in [5.74, 6) is 0.789. The highest BCUT2D eigenvalue weighted by Crippen LogP contribution is 2.27. The number of likely N-dealkylation sites (N-methyl/N-ethyl adjacent to an activating group) is 1. The quantitative estimate of drug-likeness (QED) is 0.704. The number of para-hydroxylation sites is 1. The fourth-order valence-electron chi connectivity index (χ4n) is 2.81. The Morgan fingerprint density at radius 1 is 1.40 bits per heavy atom. The number of ether oxygens (including phenoxy) is 1. The molecular weight excluding hydrogens is 336 g/mol. The molecule has 6 nitrogen and oxygen atoms in total. The van der Waals surface area contributed by atoms with Gasteiger partial charge >= 0.3 is 0 Å². The summed E-state index contributed by atoms with van der Waals surface area (Å²) in [5, 5.41) is 4.99. The molecule has 0 spiro atoms. The zero-order valence-electron chi connectivity index (χ0n) is 14.6. The van der Waals surface area contributed by atoms with Crippen LogP contribution >= 0.6 is 11.3 Å². The van der Waals surface area contributed by atoms with Gasteiger partial charge in [-0.15, -0.1) is 11.3 Å². The van der Waals surface area contributed by atoms with Crippen LogP contribution in [0.25, 0.3) is 4.96 Å². The smallest absolute Gasteiger partial charge is 0.226 e. The lowest BCUT2D eigenvalue weighted by Gasteiger charge is -2.26. The second kappa shape index (κ2) is 7.67. The van der Waals surface area contributed by atoms with E-state index in [1.165, 1.54) is 0 Å². The first kappa shape index (κ1) is 17.4. The lowest BCUT2D eigenvalue weighted by Crippen LogP contribution is -2.35. The molecule has 3 rings (SSSR count). The molecule has 0 aliphatic heterocycles. The highest BCUT2D eigenvalue weighted by atomic mass is 32.1. The number of nitrogens with zero attached hydrogens (tertiary/aromatic N) is 3. The Bertz CT molecular complexity index is 827. The maximum atomic E-state index is 12.3. The molecule has 0 radical (unpaired) electrons. The summed E-state index contributed by atoms with van der Waals surface area (Å²) in [6.07, 6.45) is 4.12. The Kier molecular flexibility index (Phi) is 5.35. The minimum atomic E-state index is -0.0347. The molecule has 0 saturated heterocycles. The molecule has 132 valence electrons. The summed E-state index contributed by atoms with van der Waals surface area (Å²) in [4.78, 5) is 19.7. The second-order valence-electron chi connectivity index (χ2n) is 6.03. The molecule has 0 aliphatic rings. The van der Waals surface area contributed by atoms with Crippen molar-refractivity contribution in [1.82, 2.24) is 19.6 Å². The van der Waals surface area contributed by atoms with E-state index in [4.69, 9.17) is 4.74 Å². The molecule has 2 heterocycles. The zero-order valence-corrected chi connectivity index (χ0v) is 15.4. The van der Waals surface area contributed by atoms with Crippen molar-refractivity contribution < 1.29 is 9.53 Å². The van der Waals surface area contributed by atoms with Crippen molar-refractivity contribution in [3.05, 3.63) is 53.3 Å². The first-order valence-electron chi connectivity index (χ1n) is 8.05. The number of aromatic nitrogens is 2. The number of rotatable bonds is 7. The minimum Gasteiger partial charge on any atom is -0.496 e. The van der Waals surface area contributed by atoms with Gasteiger partial charge in [0.15, 0.2) is 4.96 Å². The van der Waals surface area contributed by atoms with Gasteiger partial charge in [-0.05, 0) is 20.2 Å². The first-order chi connectivity index (χ1) is 12.1. The van der Waals surface area contributed by atoms with E-state index in [1.807, 2.05) is 60.5 Å². The van der Waals surface area contributed by atoms with Crippen molar-refractivity contribution in [2.45, 2.75) is 12.5 Å². The van der Waals surface area contributed by atoms with Crippen molar-refractivity contribution in [2.75, 3.05) is 27.7 Å². The number of fused-ring (bicyclic) bond motifs is 1. The number of hydrogen-bond donors (Lipinski definition) is 1. The molecule has 1 amide bonds. The molecule has 0 fully saturated rings. The summed E-state index contributed by atoms with van der Waals surface area (Å²) in [5.41, 5.74) is 1.83. The summed E-state index contributed by atoms with van der Waals surface area (Å²) >= 11 is 1.56. The third-order valence-corrected chi connectivity index (χ3v) is 4.87. The van der Waals surface area contributed by atoms with Crippen molar-refractivity contribution in [3.63, 3.8) is 0 Å². The van der Waals surface area contributed by atoms with Gasteiger partial charge in [0, 0.05) is 29.9 Å². The molecule has 0 saturated carbocycles. The monoisotopic (exact) mass is 358 g/mol. The van der Waals surface area contributed by atoms with E-state index in [0.29, 0.717) is 6.54 Å². The molecule has 0 aliphatic carbocycles. The number of methoxy groups -OCH3 is 1. The molecule has 0 bridgehead atoms. The van der Waals surface area contributed by atoms with Crippen molar-refractivity contribution in [1.29, 1.82) is 0 Å². The molecule has 1 N–H and O–H groups in total.